The lowest BCUT2D eigenvalue weighted by Gasteiger charge is -2.17. The van der Waals surface area contributed by atoms with E-state index in [0.29, 0.717) is 0 Å². The maximum Gasteiger partial charge on any atom is 0.119 e. The number of para-hydroxylation sites is 1. The highest BCUT2D eigenvalue weighted by Crippen LogP contribution is 2.26. The van der Waals surface area contributed by atoms with Gasteiger partial charge in [0.2, 0.25) is 0 Å². The maximum atomic E-state index is 6.16. The first kappa shape index (κ1) is 14.7. The summed E-state index contributed by atoms with van der Waals surface area (Å²) in [4.78, 5) is 0. The molecule has 1 N–H and O–H groups in total. The average Bonchev–Trinajstić information content (AvgIpc) is 2.48. The summed E-state index contributed by atoms with van der Waals surface area (Å²) in [5.74, 6) is 0.917. The lowest BCUT2D eigenvalue weighted by Crippen LogP contribution is -2.07. The van der Waals surface area contributed by atoms with E-state index in [9.17, 15) is 0 Å². The zero-order valence-electron chi connectivity index (χ0n) is 11.9. The van der Waals surface area contributed by atoms with Gasteiger partial charge in [-0.05, 0) is 43.2 Å². The molecule has 2 aromatic rings. The molecule has 0 heterocycles. The zero-order valence-corrected chi connectivity index (χ0v) is 12.7. The molecule has 1 unspecified atom stereocenters. The molecule has 3 heteroatoms. The summed E-state index contributed by atoms with van der Waals surface area (Å²) < 4.78 is 5.59. The van der Waals surface area contributed by atoms with E-state index in [1.54, 1.807) is 0 Å². The molecule has 2 aromatic carbocycles. The number of nitrogens with one attached hydrogen (secondary N) is 1. The molecular formula is C17H20ClNO. The largest absolute Gasteiger partial charge is 0.494 e. The predicted molar refractivity (Wildman–Crippen MR) is 85.7 cm³/mol. The van der Waals surface area contributed by atoms with Crippen LogP contribution >= 0.6 is 11.6 Å². The van der Waals surface area contributed by atoms with Gasteiger partial charge in [-0.25, -0.2) is 0 Å². The molecule has 0 fully saturated rings. The van der Waals surface area contributed by atoms with Crippen molar-refractivity contribution < 1.29 is 4.74 Å². The van der Waals surface area contributed by atoms with Gasteiger partial charge in [-0.2, -0.15) is 0 Å². The second kappa shape index (κ2) is 7.20. The van der Waals surface area contributed by atoms with Gasteiger partial charge in [0, 0.05) is 6.04 Å². The first-order valence-electron chi connectivity index (χ1n) is 6.94. The molecule has 20 heavy (non-hydrogen) atoms. The highest BCUT2D eigenvalue weighted by atomic mass is 35.5. The Balaban J connectivity index is 2.02. The van der Waals surface area contributed by atoms with Crippen molar-refractivity contribution in [2.45, 2.75) is 26.3 Å². The van der Waals surface area contributed by atoms with Crippen LogP contribution in [0.15, 0.2) is 48.5 Å². The van der Waals surface area contributed by atoms with E-state index in [0.717, 1.165) is 29.5 Å². The minimum atomic E-state index is 0.190. The SMILES string of the molecule is CCCOc1ccc(C(C)Nc2ccccc2Cl)cc1. The Labute approximate surface area is 125 Å². The normalized spacial score (nSPS) is 11.9. The van der Waals surface area contributed by atoms with E-state index in [2.05, 4.69) is 31.3 Å². The average molecular weight is 290 g/mol. The Bertz CT molecular complexity index is 539. The van der Waals surface area contributed by atoms with Crippen LogP contribution in [0.4, 0.5) is 5.69 Å². The molecule has 106 valence electrons. The molecule has 0 radical (unpaired) electrons. The smallest absolute Gasteiger partial charge is 0.119 e. The van der Waals surface area contributed by atoms with Crippen LogP contribution < -0.4 is 10.1 Å². The van der Waals surface area contributed by atoms with Gasteiger partial charge in [0.15, 0.2) is 0 Å². The van der Waals surface area contributed by atoms with Crippen molar-refractivity contribution in [1.29, 1.82) is 0 Å². The molecule has 0 aliphatic rings. The number of hydrogen-bond acceptors (Lipinski definition) is 2. The Morgan fingerprint density at radius 3 is 2.45 bits per heavy atom. The first-order chi connectivity index (χ1) is 9.70. The molecule has 2 nitrogen and oxygen atoms in total. The molecule has 0 spiro atoms. The number of anilines is 1. The molecular weight excluding hydrogens is 270 g/mol. The summed E-state index contributed by atoms with van der Waals surface area (Å²) in [7, 11) is 0. The van der Waals surface area contributed by atoms with Crippen LogP contribution in [0.2, 0.25) is 5.02 Å². The van der Waals surface area contributed by atoms with E-state index < -0.39 is 0 Å². The number of hydrogen-bond donors (Lipinski definition) is 1. The summed E-state index contributed by atoms with van der Waals surface area (Å²) in [6.07, 6.45) is 1.02. The summed E-state index contributed by atoms with van der Waals surface area (Å²) >= 11 is 6.16. The van der Waals surface area contributed by atoms with Gasteiger partial charge in [0.1, 0.15) is 5.75 Å². The minimum Gasteiger partial charge on any atom is -0.494 e. The second-order valence-electron chi connectivity index (χ2n) is 4.76. The second-order valence-corrected chi connectivity index (χ2v) is 5.17. The highest BCUT2D eigenvalue weighted by molar-refractivity contribution is 6.33. The third kappa shape index (κ3) is 3.91. The Morgan fingerprint density at radius 1 is 1.10 bits per heavy atom. The molecule has 0 saturated carbocycles. The fourth-order valence-electron chi connectivity index (χ4n) is 1.97. The molecule has 0 saturated heterocycles. The third-order valence-corrected chi connectivity index (χ3v) is 3.43. The molecule has 1 atom stereocenters. The van der Waals surface area contributed by atoms with Crippen molar-refractivity contribution in [2.75, 3.05) is 11.9 Å². The first-order valence-corrected chi connectivity index (χ1v) is 7.32. The van der Waals surface area contributed by atoms with Crippen LogP contribution in [-0.4, -0.2) is 6.61 Å². The van der Waals surface area contributed by atoms with Crippen LogP contribution in [0.25, 0.3) is 0 Å². The molecule has 0 aromatic heterocycles. The van der Waals surface area contributed by atoms with E-state index >= 15 is 0 Å². The lowest BCUT2D eigenvalue weighted by atomic mass is 10.1. The van der Waals surface area contributed by atoms with Gasteiger partial charge < -0.3 is 10.1 Å². The van der Waals surface area contributed by atoms with Gasteiger partial charge in [-0.1, -0.05) is 42.8 Å². The van der Waals surface area contributed by atoms with Crippen molar-refractivity contribution in [3.05, 3.63) is 59.1 Å². The molecule has 2 rings (SSSR count). The maximum absolute atomic E-state index is 6.16. The van der Waals surface area contributed by atoms with Crippen LogP contribution in [0, 0.1) is 0 Å². The zero-order chi connectivity index (χ0) is 14.4. The van der Waals surface area contributed by atoms with Crippen molar-refractivity contribution in [3.63, 3.8) is 0 Å². The predicted octanol–water partition coefficient (Wildman–Crippen LogP) is 5.30. The number of rotatable bonds is 6. The Hall–Kier alpha value is -1.67. The van der Waals surface area contributed by atoms with Crippen LogP contribution in [0.5, 0.6) is 5.75 Å². The summed E-state index contributed by atoms with van der Waals surface area (Å²) in [5, 5.41) is 4.15. The Morgan fingerprint density at radius 2 is 1.80 bits per heavy atom. The van der Waals surface area contributed by atoms with Gasteiger partial charge in [-0.3, -0.25) is 0 Å². The van der Waals surface area contributed by atoms with E-state index in [1.807, 2.05) is 36.4 Å². The minimum absolute atomic E-state index is 0.190. The van der Waals surface area contributed by atoms with Crippen LogP contribution in [0.1, 0.15) is 31.9 Å². The lowest BCUT2D eigenvalue weighted by molar-refractivity contribution is 0.317. The van der Waals surface area contributed by atoms with Gasteiger partial charge in [0.25, 0.3) is 0 Å². The van der Waals surface area contributed by atoms with Crippen molar-refractivity contribution in [3.8, 4) is 5.75 Å². The highest BCUT2D eigenvalue weighted by Gasteiger charge is 2.07. The van der Waals surface area contributed by atoms with E-state index in [4.69, 9.17) is 16.3 Å². The number of ether oxygens (including phenoxy) is 1. The van der Waals surface area contributed by atoms with Gasteiger partial charge in [0.05, 0.1) is 17.3 Å². The monoisotopic (exact) mass is 289 g/mol. The fraction of sp³-hybridized carbons (Fsp3) is 0.294. The summed E-state index contributed by atoms with van der Waals surface area (Å²) in [6, 6.07) is 16.1. The standard InChI is InChI=1S/C17H20ClNO/c1-3-12-20-15-10-8-14(9-11-15)13(2)19-17-7-5-4-6-16(17)18/h4-11,13,19H,3,12H2,1-2H3. The van der Waals surface area contributed by atoms with Gasteiger partial charge in [-0.15, -0.1) is 0 Å². The topological polar surface area (TPSA) is 21.3 Å². The van der Waals surface area contributed by atoms with Crippen molar-refractivity contribution >= 4 is 17.3 Å². The molecule has 0 aliphatic carbocycles. The van der Waals surface area contributed by atoms with Crippen LogP contribution in [-0.2, 0) is 0 Å². The molecule has 0 amide bonds. The summed E-state index contributed by atoms with van der Waals surface area (Å²) in [5.41, 5.74) is 2.15. The number of benzene rings is 2. The quantitative estimate of drug-likeness (QED) is 0.779. The van der Waals surface area contributed by atoms with E-state index in [-0.39, 0.29) is 6.04 Å². The fourth-order valence-corrected chi connectivity index (χ4v) is 2.16. The van der Waals surface area contributed by atoms with E-state index in [1.165, 1.54) is 5.56 Å². The van der Waals surface area contributed by atoms with Gasteiger partial charge >= 0.3 is 0 Å². The van der Waals surface area contributed by atoms with Crippen molar-refractivity contribution in [1.82, 2.24) is 0 Å². The molecule has 0 aliphatic heterocycles. The summed E-state index contributed by atoms with van der Waals surface area (Å²) in [6.45, 7) is 4.97. The number of halogens is 1. The third-order valence-electron chi connectivity index (χ3n) is 3.10. The Kier molecular flexibility index (Phi) is 5.31. The van der Waals surface area contributed by atoms with Crippen molar-refractivity contribution in [2.24, 2.45) is 0 Å². The van der Waals surface area contributed by atoms with Crippen LogP contribution in [0.3, 0.4) is 0 Å². The molecule has 0 bridgehead atoms.